The van der Waals surface area contributed by atoms with Gasteiger partial charge in [-0.1, -0.05) is 24.3 Å². The van der Waals surface area contributed by atoms with Gasteiger partial charge in [-0.15, -0.1) is 0 Å². The second-order valence-electron chi connectivity index (χ2n) is 7.63. The van der Waals surface area contributed by atoms with Gasteiger partial charge in [0.05, 0.1) is 5.69 Å². The van der Waals surface area contributed by atoms with E-state index < -0.39 is 0 Å². The summed E-state index contributed by atoms with van der Waals surface area (Å²) < 4.78 is 2.27. The van der Waals surface area contributed by atoms with Crippen LogP contribution in [0.3, 0.4) is 0 Å². The average molecular weight is 370 g/mol. The van der Waals surface area contributed by atoms with Crippen molar-refractivity contribution in [2.24, 2.45) is 0 Å². The molecular weight excluding hydrogens is 344 g/mol. The van der Waals surface area contributed by atoms with Gasteiger partial charge in [0.2, 0.25) is 0 Å². The third kappa shape index (κ3) is 2.88. The van der Waals surface area contributed by atoms with Crippen LogP contribution >= 0.6 is 0 Å². The summed E-state index contributed by atoms with van der Waals surface area (Å²) in [4.78, 5) is 14.9. The number of nitrogens with zero attached hydrogens (tertiary/aromatic N) is 2. The summed E-state index contributed by atoms with van der Waals surface area (Å²) in [5, 5.41) is 0. The first-order valence-corrected chi connectivity index (χ1v) is 9.81. The van der Waals surface area contributed by atoms with E-state index in [1.165, 1.54) is 22.5 Å². The predicted molar refractivity (Wildman–Crippen MR) is 117 cm³/mol. The maximum Gasteiger partial charge on any atom is 0.258 e. The van der Waals surface area contributed by atoms with Crippen molar-refractivity contribution in [1.29, 1.82) is 0 Å². The predicted octanol–water partition coefficient (Wildman–Crippen LogP) is 5.62. The topological polar surface area (TPSA) is 25.2 Å². The van der Waals surface area contributed by atoms with E-state index in [1.807, 2.05) is 36.1 Å². The molecule has 1 aromatic heterocycles. The molecule has 4 rings (SSSR count). The zero-order chi connectivity index (χ0) is 20.0. The number of carbonyl (C=O) groups excluding carboxylic acids is 1. The fourth-order valence-electron chi connectivity index (χ4n) is 4.33. The number of carbonyl (C=O) groups is 1. The first kappa shape index (κ1) is 18.3. The highest BCUT2D eigenvalue weighted by molar-refractivity contribution is 6.35. The van der Waals surface area contributed by atoms with Crippen molar-refractivity contribution in [3.8, 4) is 5.69 Å². The normalized spacial score (nSPS) is 14.8. The molecular formula is C25H26N2O. The lowest BCUT2D eigenvalue weighted by Gasteiger charge is -2.13. The molecule has 3 heteroatoms. The molecule has 3 nitrogen and oxygen atoms in total. The highest BCUT2D eigenvalue weighted by Gasteiger charge is 2.31. The Hall–Kier alpha value is -3.07. The minimum Gasteiger partial charge on any atom is -0.318 e. The smallest absolute Gasteiger partial charge is 0.258 e. The summed E-state index contributed by atoms with van der Waals surface area (Å²) in [6.07, 6.45) is 2.05. The fourth-order valence-corrected chi connectivity index (χ4v) is 4.33. The highest BCUT2D eigenvalue weighted by atomic mass is 16.2. The molecule has 0 atom stereocenters. The zero-order valence-electron chi connectivity index (χ0n) is 17.2. The number of aromatic nitrogens is 1. The van der Waals surface area contributed by atoms with Gasteiger partial charge in [0, 0.05) is 34.8 Å². The van der Waals surface area contributed by atoms with E-state index in [0.29, 0.717) is 6.54 Å². The van der Waals surface area contributed by atoms with E-state index in [0.717, 1.165) is 28.1 Å². The molecule has 0 aliphatic carbocycles. The summed E-state index contributed by atoms with van der Waals surface area (Å²) >= 11 is 0. The summed E-state index contributed by atoms with van der Waals surface area (Å²) in [6.45, 7) is 11.2. The minimum atomic E-state index is 0.0832. The first-order chi connectivity index (χ1) is 13.4. The van der Waals surface area contributed by atoms with Crippen molar-refractivity contribution >= 4 is 23.2 Å². The number of fused-ring (bicyclic) bond motifs is 1. The van der Waals surface area contributed by atoms with Crippen LogP contribution in [0.5, 0.6) is 0 Å². The molecule has 0 saturated heterocycles. The minimum absolute atomic E-state index is 0.0832. The molecule has 0 radical (unpaired) electrons. The summed E-state index contributed by atoms with van der Waals surface area (Å²) in [5.74, 6) is 0.0832. The number of hydrogen-bond acceptors (Lipinski definition) is 1. The number of amides is 1. The van der Waals surface area contributed by atoms with E-state index in [2.05, 4.69) is 62.6 Å². The van der Waals surface area contributed by atoms with Crippen LogP contribution in [-0.2, 0) is 4.79 Å². The van der Waals surface area contributed by atoms with Crippen molar-refractivity contribution < 1.29 is 4.79 Å². The summed E-state index contributed by atoms with van der Waals surface area (Å²) in [7, 11) is 0. The van der Waals surface area contributed by atoms with Crippen molar-refractivity contribution in [2.75, 3.05) is 11.4 Å². The third-order valence-corrected chi connectivity index (χ3v) is 5.51. The highest BCUT2D eigenvalue weighted by Crippen LogP contribution is 2.38. The molecule has 1 aliphatic heterocycles. The molecule has 0 unspecified atom stereocenters. The van der Waals surface area contributed by atoms with Gasteiger partial charge >= 0.3 is 0 Å². The third-order valence-electron chi connectivity index (χ3n) is 5.51. The number of aryl methyl sites for hydroxylation is 3. The molecule has 1 amide bonds. The van der Waals surface area contributed by atoms with E-state index >= 15 is 0 Å². The number of rotatable bonds is 3. The van der Waals surface area contributed by atoms with E-state index in [1.54, 1.807) is 0 Å². The molecule has 2 aromatic carbocycles. The van der Waals surface area contributed by atoms with Gasteiger partial charge in [0.15, 0.2) is 0 Å². The molecule has 3 aromatic rings. The fraction of sp³-hybridized carbons (Fsp3) is 0.240. The Labute approximate surface area is 166 Å². The summed E-state index contributed by atoms with van der Waals surface area (Å²) in [6, 6.07) is 16.8. The van der Waals surface area contributed by atoms with Gasteiger partial charge in [-0.2, -0.15) is 0 Å². The van der Waals surface area contributed by atoms with Crippen LogP contribution in [0.4, 0.5) is 5.69 Å². The molecule has 0 fully saturated rings. The second-order valence-corrected chi connectivity index (χ2v) is 7.63. The molecule has 0 N–H and O–H groups in total. The molecule has 2 heterocycles. The monoisotopic (exact) mass is 370 g/mol. The maximum atomic E-state index is 13.0. The van der Waals surface area contributed by atoms with Gasteiger partial charge in [0.25, 0.3) is 5.91 Å². The Morgan fingerprint density at radius 1 is 0.929 bits per heavy atom. The van der Waals surface area contributed by atoms with Crippen LogP contribution in [0.1, 0.15) is 40.6 Å². The first-order valence-electron chi connectivity index (χ1n) is 9.81. The van der Waals surface area contributed by atoms with E-state index in [9.17, 15) is 4.79 Å². The van der Waals surface area contributed by atoms with Crippen LogP contribution in [0.2, 0.25) is 0 Å². The van der Waals surface area contributed by atoms with Crippen LogP contribution in [0.25, 0.3) is 17.3 Å². The van der Waals surface area contributed by atoms with Gasteiger partial charge in [-0.3, -0.25) is 4.79 Å². The molecule has 0 saturated carbocycles. The van der Waals surface area contributed by atoms with Crippen LogP contribution in [0, 0.1) is 27.7 Å². The number of benzene rings is 2. The van der Waals surface area contributed by atoms with Crippen molar-refractivity contribution in [1.82, 2.24) is 4.57 Å². The number of likely N-dealkylation sites (N-methyl/N-ethyl adjacent to an activating group) is 1. The van der Waals surface area contributed by atoms with E-state index in [4.69, 9.17) is 0 Å². The summed E-state index contributed by atoms with van der Waals surface area (Å²) in [5.41, 5.74) is 9.88. The van der Waals surface area contributed by atoms with Gasteiger partial charge < -0.3 is 9.47 Å². The number of para-hydroxylation sites is 1. The Kier molecular flexibility index (Phi) is 4.46. The van der Waals surface area contributed by atoms with Crippen molar-refractivity contribution in [2.45, 2.75) is 34.6 Å². The number of anilines is 1. The van der Waals surface area contributed by atoms with Crippen LogP contribution < -0.4 is 4.90 Å². The standard InChI is InChI=1S/C25H26N2O/c1-6-26-24-10-8-7-9-22(24)23(25(26)28)15-20-14-18(4)27(19(20)5)21-12-16(2)11-17(3)13-21/h7-15H,6H2,1-5H3/b23-15+. The van der Waals surface area contributed by atoms with Crippen LogP contribution in [-0.4, -0.2) is 17.0 Å². The molecule has 0 bridgehead atoms. The van der Waals surface area contributed by atoms with E-state index in [-0.39, 0.29) is 5.91 Å². The average Bonchev–Trinajstić information content (AvgIpc) is 3.08. The Bertz CT molecular complexity index is 1100. The lowest BCUT2D eigenvalue weighted by Crippen LogP contribution is -2.25. The van der Waals surface area contributed by atoms with Gasteiger partial charge in [-0.25, -0.2) is 0 Å². The Balaban J connectivity index is 1.85. The Morgan fingerprint density at radius 3 is 2.29 bits per heavy atom. The molecule has 28 heavy (non-hydrogen) atoms. The lowest BCUT2D eigenvalue weighted by atomic mass is 10.0. The molecule has 0 spiro atoms. The zero-order valence-corrected chi connectivity index (χ0v) is 17.2. The SMILES string of the molecule is CCN1C(=O)/C(=C/c2cc(C)n(-c3cc(C)cc(C)c3)c2C)c2ccccc21. The lowest BCUT2D eigenvalue weighted by molar-refractivity contribution is -0.112. The second kappa shape index (κ2) is 6.83. The quantitative estimate of drug-likeness (QED) is 0.550. The van der Waals surface area contributed by atoms with Crippen molar-refractivity contribution in [3.05, 3.63) is 82.2 Å². The largest absolute Gasteiger partial charge is 0.318 e. The van der Waals surface area contributed by atoms with Gasteiger partial charge in [-0.05, 0) is 81.7 Å². The van der Waals surface area contributed by atoms with Gasteiger partial charge in [0.1, 0.15) is 0 Å². The van der Waals surface area contributed by atoms with Crippen LogP contribution in [0.15, 0.2) is 48.5 Å². The number of hydrogen-bond donors (Lipinski definition) is 0. The Morgan fingerprint density at radius 2 is 1.61 bits per heavy atom. The molecule has 1 aliphatic rings. The molecule has 142 valence electrons. The maximum absolute atomic E-state index is 13.0. The van der Waals surface area contributed by atoms with Crippen molar-refractivity contribution in [3.63, 3.8) is 0 Å².